The van der Waals surface area contributed by atoms with Crippen molar-refractivity contribution in [2.24, 2.45) is 0 Å². The molecule has 1 N–H and O–H groups in total. The zero-order valence-electron chi connectivity index (χ0n) is 13.9. The molecule has 0 atom stereocenters. The molecular weight excluding hydrogens is 324 g/mol. The maximum Gasteiger partial charge on any atom is 0.213 e. The largest absolute Gasteiger partial charge is 0.310 e. The number of benzene rings is 1. The average molecular weight is 348 g/mol. The van der Waals surface area contributed by atoms with Gasteiger partial charge in [0.25, 0.3) is 0 Å². The Hall–Kier alpha value is -1.70. The van der Waals surface area contributed by atoms with Crippen LogP contribution >= 0.6 is 0 Å². The fourth-order valence-electron chi connectivity index (χ4n) is 2.97. The van der Waals surface area contributed by atoms with E-state index in [1.165, 1.54) is 5.56 Å². The molecule has 0 aliphatic carbocycles. The van der Waals surface area contributed by atoms with Crippen molar-refractivity contribution in [3.8, 4) is 5.69 Å². The second-order valence-electron chi connectivity index (χ2n) is 6.07. The van der Waals surface area contributed by atoms with Gasteiger partial charge in [-0.1, -0.05) is 12.1 Å². The third kappa shape index (κ3) is 4.03. The SMILES string of the molecule is CCS(=O)(=O)N1CCC(NCc2ccc(-n3cccn3)cc2)CC1. The van der Waals surface area contributed by atoms with Crippen molar-refractivity contribution in [2.75, 3.05) is 18.8 Å². The molecule has 0 radical (unpaired) electrons. The molecular formula is C17H24N4O2S. The van der Waals surface area contributed by atoms with Crippen LogP contribution in [0.2, 0.25) is 0 Å². The molecule has 1 aromatic carbocycles. The molecule has 1 aliphatic heterocycles. The third-order valence-electron chi connectivity index (χ3n) is 4.51. The first-order valence-electron chi connectivity index (χ1n) is 8.38. The fourth-order valence-corrected chi connectivity index (χ4v) is 4.10. The Kier molecular flexibility index (Phi) is 5.33. The molecule has 2 heterocycles. The predicted molar refractivity (Wildman–Crippen MR) is 94.5 cm³/mol. The molecule has 0 unspecified atom stereocenters. The number of nitrogens with zero attached hydrogens (tertiary/aromatic N) is 3. The Labute approximate surface area is 143 Å². The topological polar surface area (TPSA) is 67.2 Å². The van der Waals surface area contributed by atoms with Gasteiger partial charge < -0.3 is 5.32 Å². The second-order valence-corrected chi connectivity index (χ2v) is 8.33. The maximum absolute atomic E-state index is 11.9. The molecule has 0 spiro atoms. The number of hydrogen-bond acceptors (Lipinski definition) is 4. The summed E-state index contributed by atoms with van der Waals surface area (Å²) in [6, 6.07) is 10.6. The van der Waals surface area contributed by atoms with Gasteiger partial charge in [-0.3, -0.25) is 0 Å². The van der Waals surface area contributed by atoms with Crippen LogP contribution < -0.4 is 5.32 Å². The predicted octanol–water partition coefficient (Wildman–Crippen LogP) is 1.78. The van der Waals surface area contributed by atoms with Gasteiger partial charge in [-0.2, -0.15) is 5.10 Å². The normalized spacial score (nSPS) is 17.2. The molecule has 2 aromatic rings. The lowest BCUT2D eigenvalue weighted by atomic mass is 10.1. The van der Waals surface area contributed by atoms with Crippen LogP contribution in [0, 0.1) is 0 Å². The first-order chi connectivity index (χ1) is 11.6. The summed E-state index contributed by atoms with van der Waals surface area (Å²) in [6.07, 6.45) is 5.42. The number of piperidine rings is 1. The summed E-state index contributed by atoms with van der Waals surface area (Å²) in [5, 5.41) is 7.75. The summed E-state index contributed by atoms with van der Waals surface area (Å²) < 4.78 is 27.2. The van der Waals surface area contributed by atoms with Crippen LogP contribution in [0.3, 0.4) is 0 Å². The quantitative estimate of drug-likeness (QED) is 0.864. The lowest BCUT2D eigenvalue weighted by Gasteiger charge is -2.31. The van der Waals surface area contributed by atoms with Gasteiger partial charge in [0.05, 0.1) is 11.4 Å². The van der Waals surface area contributed by atoms with E-state index in [1.54, 1.807) is 17.4 Å². The molecule has 7 heteroatoms. The Balaban J connectivity index is 1.49. The molecule has 1 saturated heterocycles. The number of sulfonamides is 1. The van der Waals surface area contributed by atoms with Crippen molar-refractivity contribution in [1.82, 2.24) is 19.4 Å². The molecule has 6 nitrogen and oxygen atoms in total. The molecule has 0 amide bonds. The molecule has 1 fully saturated rings. The number of hydrogen-bond donors (Lipinski definition) is 1. The van der Waals surface area contributed by atoms with Crippen LogP contribution in [-0.2, 0) is 16.6 Å². The lowest BCUT2D eigenvalue weighted by molar-refractivity contribution is 0.289. The van der Waals surface area contributed by atoms with Gasteiger partial charge >= 0.3 is 0 Å². The molecule has 3 rings (SSSR count). The van der Waals surface area contributed by atoms with Crippen molar-refractivity contribution < 1.29 is 8.42 Å². The highest BCUT2D eigenvalue weighted by Crippen LogP contribution is 2.15. The Morgan fingerprint density at radius 1 is 1.21 bits per heavy atom. The second kappa shape index (κ2) is 7.46. The van der Waals surface area contributed by atoms with Crippen molar-refractivity contribution in [3.63, 3.8) is 0 Å². The van der Waals surface area contributed by atoms with E-state index in [0.717, 1.165) is 25.1 Å². The van der Waals surface area contributed by atoms with Crippen LogP contribution in [0.1, 0.15) is 25.3 Å². The molecule has 1 aromatic heterocycles. The average Bonchev–Trinajstić information content (AvgIpc) is 3.15. The number of rotatable bonds is 6. The van der Waals surface area contributed by atoms with Crippen molar-refractivity contribution in [1.29, 1.82) is 0 Å². The first-order valence-corrected chi connectivity index (χ1v) is 9.99. The van der Waals surface area contributed by atoms with Gasteiger partial charge in [0, 0.05) is 38.1 Å². The monoisotopic (exact) mass is 348 g/mol. The highest BCUT2D eigenvalue weighted by atomic mass is 32.2. The van der Waals surface area contributed by atoms with Crippen LogP contribution in [-0.4, -0.2) is 47.4 Å². The number of nitrogens with one attached hydrogen (secondary N) is 1. The minimum absolute atomic E-state index is 0.188. The zero-order valence-corrected chi connectivity index (χ0v) is 14.7. The van der Waals surface area contributed by atoms with Gasteiger partial charge in [-0.15, -0.1) is 0 Å². The van der Waals surface area contributed by atoms with Gasteiger partial charge in [-0.05, 0) is 43.5 Å². The van der Waals surface area contributed by atoms with Crippen molar-refractivity contribution in [3.05, 3.63) is 48.3 Å². The summed E-state index contributed by atoms with van der Waals surface area (Å²) in [7, 11) is -3.04. The van der Waals surface area contributed by atoms with Crippen LogP contribution in [0.25, 0.3) is 5.69 Å². The summed E-state index contributed by atoms with van der Waals surface area (Å²) in [6.45, 7) is 3.73. The Bertz CT molecular complexity index is 733. The van der Waals surface area contributed by atoms with Crippen molar-refractivity contribution >= 4 is 10.0 Å². The third-order valence-corrected chi connectivity index (χ3v) is 6.39. The van der Waals surface area contributed by atoms with Gasteiger partial charge in [0.1, 0.15) is 0 Å². The minimum Gasteiger partial charge on any atom is -0.310 e. The van der Waals surface area contributed by atoms with E-state index in [-0.39, 0.29) is 5.75 Å². The van der Waals surface area contributed by atoms with E-state index in [0.29, 0.717) is 19.1 Å². The summed E-state index contributed by atoms with van der Waals surface area (Å²) in [5.41, 5.74) is 2.26. The van der Waals surface area contributed by atoms with Gasteiger partial charge in [-0.25, -0.2) is 17.4 Å². The van der Waals surface area contributed by atoms with Crippen LogP contribution in [0.5, 0.6) is 0 Å². The van der Waals surface area contributed by atoms with Crippen LogP contribution in [0.15, 0.2) is 42.7 Å². The minimum atomic E-state index is -3.04. The molecule has 0 saturated carbocycles. The zero-order chi connectivity index (χ0) is 17.0. The van der Waals surface area contributed by atoms with E-state index in [2.05, 4.69) is 34.7 Å². The smallest absolute Gasteiger partial charge is 0.213 e. The lowest BCUT2D eigenvalue weighted by Crippen LogP contribution is -2.45. The van der Waals surface area contributed by atoms with Gasteiger partial charge in [0.15, 0.2) is 0 Å². The molecule has 0 bridgehead atoms. The highest BCUT2D eigenvalue weighted by Gasteiger charge is 2.26. The maximum atomic E-state index is 11.9. The molecule has 24 heavy (non-hydrogen) atoms. The van der Waals surface area contributed by atoms with E-state index in [4.69, 9.17) is 0 Å². The fraction of sp³-hybridized carbons (Fsp3) is 0.471. The summed E-state index contributed by atoms with van der Waals surface area (Å²) >= 11 is 0. The molecule has 130 valence electrons. The highest BCUT2D eigenvalue weighted by molar-refractivity contribution is 7.89. The summed E-state index contributed by atoms with van der Waals surface area (Å²) in [5.74, 6) is 0.188. The van der Waals surface area contributed by atoms with E-state index in [1.807, 2.05) is 16.9 Å². The van der Waals surface area contributed by atoms with E-state index < -0.39 is 10.0 Å². The number of aromatic nitrogens is 2. The summed E-state index contributed by atoms with van der Waals surface area (Å²) in [4.78, 5) is 0. The van der Waals surface area contributed by atoms with Gasteiger partial charge in [0.2, 0.25) is 10.0 Å². The molecule has 1 aliphatic rings. The van der Waals surface area contributed by atoms with E-state index in [9.17, 15) is 8.42 Å². The Morgan fingerprint density at radius 2 is 1.92 bits per heavy atom. The van der Waals surface area contributed by atoms with E-state index >= 15 is 0 Å². The van der Waals surface area contributed by atoms with Crippen LogP contribution in [0.4, 0.5) is 0 Å². The first kappa shape index (κ1) is 17.1. The Morgan fingerprint density at radius 3 is 2.50 bits per heavy atom. The standard InChI is InChI=1S/C17H24N4O2S/c1-2-24(22,23)20-12-8-16(9-13-20)18-14-15-4-6-17(7-5-15)21-11-3-10-19-21/h3-7,10-11,16,18H,2,8-9,12-14H2,1H3. The van der Waals surface area contributed by atoms with Crippen molar-refractivity contribution in [2.45, 2.75) is 32.4 Å².